The van der Waals surface area contributed by atoms with E-state index < -0.39 is 5.97 Å². The van der Waals surface area contributed by atoms with E-state index in [1.165, 1.54) is 19.2 Å². The van der Waals surface area contributed by atoms with Gasteiger partial charge in [0.2, 0.25) is 5.95 Å². The number of hydrogen-bond acceptors (Lipinski definition) is 5. The molecule has 2 aromatic heterocycles. The number of ether oxygens (including phenoxy) is 1. The zero-order valence-corrected chi connectivity index (χ0v) is 18.1. The molecule has 4 aromatic rings. The molecule has 3 N–H and O–H groups in total. The second-order valence-electron chi connectivity index (χ2n) is 8.31. The molecule has 2 aromatic carbocycles. The van der Waals surface area contributed by atoms with E-state index in [0.29, 0.717) is 5.69 Å². The predicted molar refractivity (Wildman–Crippen MR) is 124 cm³/mol. The summed E-state index contributed by atoms with van der Waals surface area (Å²) in [4.78, 5) is 23.8. The fourth-order valence-corrected chi connectivity index (χ4v) is 4.59. The van der Waals surface area contributed by atoms with Crippen LogP contribution in [0.4, 0.5) is 10.3 Å². The molecule has 5 rings (SSSR count). The maximum Gasteiger partial charge on any atom is 0.354 e. The van der Waals surface area contributed by atoms with E-state index >= 15 is 0 Å². The number of benzene rings is 2. The molecule has 6 nitrogen and oxygen atoms in total. The van der Waals surface area contributed by atoms with Crippen LogP contribution in [-0.4, -0.2) is 28.0 Å². The fraction of sp³-hybridized carbons (Fsp3) is 0.192. The third-order valence-corrected chi connectivity index (χ3v) is 6.51. The number of nitrogen functional groups attached to an aromatic ring is 1. The van der Waals surface area contributed by atoms with Gasteiger partial charge in [0.25, 0.3) is 0 Å². The van der Waals surface area contributed by atoms with Gasteiger partial charge in [0.15, 0.2) is 0 Å². The quantitative estimate of drug-likeness (QED) is 0.419. The molecule has 0 aliphatic heterocycles. The Bertz CT molecular complexity index is 1290. The molecular weight excluding hydrogens is 419 g/mol. The average molecular weight is 442 g/mol. The Morgan fingerprint density at radius 1 is 1.00 bits per heavy atom. The van der Waals surface area contributed by atoms with Crippen molar-refractivity contribution in [2.24, 2.45) is 0 Å². The van der Waals surface area contributed by atoms with Crippen LogP contribution >= 0.6 is 0 Å². The molecule has 0 radical (unpaired) electrons. The normalized spacial score (nSPS) is 14.5. The first-order valence-electron chi connectivity index (χ1n) is 10.8. The van der Waals surface area contributed by atoms with Crippen LogP contribution in [0.5, 0.6) is 0 Å². The van der Waals surface area contributed by atoms with E-state index in [1.54, 1.807) is 30.6 Å². The molecule has 2 heterocycles. The van der Waals surface area contributed by atoms with Crippen molar-refractivity contribution in [1.82, 2.24) is 15.0 Å². The summed E-state index contributed by atoms with van der Waals surface area (Å²) in [7, 11) is 1.36. The van der Waals surface area contributed by atoms with Gasteiger partial charge in [-0.3, -0.25) is 0 Å². The van der Waals surface area contributed by atoms with Crippen molar-refractivity contribution in [2.75, 3.05) is 12.8 Å². The van der Waals surface area contributed by atoms with Gasteiger partial charge >= 0.3 is 5.97 Å². The van der Waals surface area contributed by atoms with Crippen LogP contribution in [-0.2, 0) is 10.2 Å². The van der Waals surface area contributed by atoms with Crippen molar-refractivity contribution in [2.45, 2.75) is 24.7 Å². The molecule has 0 unspecified atom stereocenters. The van der Waals surface area contributed by atoms with Gasteiger partial charge in [-0.2, -0.15) is 0 Å². The summed E-state index contributed by atoms with van der Waals surface area (Å²) in [5.74, 6) is -0.493. The molecule has 0 amide bonds. The van der Waals surface area contributed by atoms with E-state index in [2.05, 4.69) is 27.1 Å². The molecule has 7 heteroatoms. The SMILES string of the molecule is COC(=O)c1cc(-c2ccc(F)cc2)c(C2(c3ccc(-c4cnc(N)nc4)cc3)CCC2)[nH]1. The van der Waals surface area contributed by atoms with Crippen molar-refractivity contribution < 1.29 is 13.9 Å². The van der Waals surface area contributed by atoms with Crippen LogP contribution in [0.1, 0.15) is 41.0 Å². The summed E-state index contributed by atoms with van der Waals surface area (Å²) in [5.41, 5.74) is 11.4. The molecule has 1 aliphatic rings. The van der Waals surface area contributed by atoms with E-state index in [0.717, 1.165) is 52.8 Å². The highest BCUT2D eigenvalue weighted by Gasteiger charge is 2.43. The van der Waals surface area contributed by atoms with Crippen molar-refractivity contribution in [1.29, 1.82) is 0 Å². The van der Waals surface area contributed by atoms with Gasteiger partial charge < -0.3 is 15.5 Å². The number of methoxy groups -OCH3 is 1. The smallest absolute Gasteiger partial charge is 0.354 e. The Hall–Kier alpha value is -4.00. The van der Waals surface area contributed by atoms with Crippen LogP contribution in [0.3, 0.4) is 0 Å². The summed E-state index contributed by atoms with van der Waals surface area (Å²) in [6.45, 7) is 0. The minimum Gasteiger partial charge on any atom is -0.464 e. The first-order valence-corrected chi connectivity index (χ1v) is 10.8. The summed E-state index contributed by atoms with van der Waals surface area (Å²) in [5, 5.41) is 0. The van der Waals surface area contributed by atoms with Gasteiger partial charge in [0, 0.05) is 34.6 Å². The highest BCUT2D eigenvalue weighted by atomic mass is 19.1. The predicted octanol–water partition coefficient (Wildman–Crippen LogP) is 5.12. The number of nitrogens with one attached hydrogen (secondary N) is 1. The first-order chi connectivity index (χ1) is 16.0. The highest BCUT2D eigenvalue weighted by molar-refractivity contribution is 5.90. The van der Waals surface area contributed by atoms with E-state index in [1.807, 2.05) is 12.1 Å². The third kappa shape index (κ3) is 3.65. The number of halogens is 1. The molecule has 1 saturated carbocycles. The monoisotopic (exact) mass is 442 g/mol. The standard InChI is InChI=1S/C26H23FN4O2/c1-33-24(32)22-13-21(17-5-9-20(27)10-6-17)23(31-22)26(11-2-12-26)19-7-3-16(4-8-19)18-14-29-25(28)30-15-18/h3-10,13-15,31H,2,11-12H2,1H3,(H2,28,29,30). The van der Waals surface area contributed by atoms with Crippen LogP contribution in [0.2, 0.25) is 0 Å². The molecule has 33 heavy (non-hydrogen) atoms. The lowest BCUT2D eigenvalue weighted by Gasteiger charge is -2.43. The number of nitrogens with two attached hydrogens (primary N) is 1. The number of H-pyrrole nitrogens is 1. The Morgan fingerprint density at radius 2 is 1.64 bits per heavy atom. The lowest BCUT2D eigenvalue weighted by Crippen LogP contribution is -2.36. The highest BCUT2D eigenvalue weighted by Crippen LogP contribution is 2.51. The maximum atomic E-state index is 13.6. The number of hydrogen-bond donors (Lipinski definition) is 2. The summed E-state index contributed by atoms with van der Waals surface area (Å²) >= 11 is 0. The molecule has 0 spiro atoms. The molecule has 0 atom stereocenters. The molecule has 1 aliphatic carbocycles. The Balaban J connectivity index is 1.59. The van der Waals surface area contributed by atoms with Crippen LogP contribution < -0.4 is 5.73 Å². The molecular formula is C26H23FN4O2. The first kappa shape index (κ1) is 20.9. The topological polar surface area (TPSA) is 93.9 Å². The second kappa shape index (κ2) is 8.16. The number of carbonyl (C=O) groups is 1. The largest absolute Gasteiger partial charge is 0.464 e. The zero-order valence-electron chi connectivity index (χ0n) is 18.1. The molecule has 0 saturated heterocycles. The summed E-state index contributed by atoms with van der Waals surface area (Å²) in [6.07, 6.45) is 6.36. The number of carbonyl (C=O) groups excluding carboxylic acids is 1. The number of aromatic nitrogens is 3. The van der Waals surface area contributed by atoms with E-state index in [9.17, 15) is 9.18 Å². The second-order valence-corrected chi connectivity index (χ2v) is 8.31. The number of anilines is 1. The van der Waals surface area contributed by atoms with Gasteiger partial charge in [0.1, 0.15) is 11.5 Å². The fourth-order valence-electron chi connectivity index (χ4n) is 4.59. The number of nitrogens with zero attached hydrogens (tertiary/aromatic N) is 2. The van der Waals surface area contributed by atoms with Crippen molar-refractivity contribution in [3.63, 3.8) is 0 Å². The van der Waals surface area contributed by atoms with Gasteiger partial charge in [-0.05, 0) is 47.7 Å². The number of rotatable bonds is 5. The minimum absolute atomic E-state index is 0.241. The van der Waals surface area contributed by atoms with Crippen molar-refractivity contribution in [3.8, 4) is 22.3 Å². The number of esters is 1. The van der Waals surface area contributed by atoms with Crippen LogP contribution in [0.15, 0.2) is 67.0 Å². The Labute approximate surface area is 190 Å². The van der Waals surface area contributed by atoms with E-state index in [-0.39, 0.29) is 17.2 Å². The Kier molecular flexibility index (Phi) is 5.17. The van der Waals surface area contributed by atoms with Crippen molar-refractivity contribution in [3.05, 3.63) is 89.8 Å². The van der Waals surface area contributed by atoms with Gasteiger partial charge in [-0.15, -0.1) is 0 Å². The summed E-state index contributed by atoms with van der Waals surface area (Å²) < 4.78 is 18.5. The van der Waals surface area contributed by atoms with Crippen LogP contribution in [0.25, 0.3) is 22.3 Å². The molecule has 166 valence electrons. The third-order valence-electron chi connectivity index (χ3n) is 6.51. The Morgan fingerprint density at radius 3 is 2.21 bits per heavy atom. The lowest BCUT2D eigenvalue weighted by atomic mass is 9.61. The minimum atomic E-state index is -0.433. The number of aromatic amines is 1. The van der Waals surface area contributed by atoms with Crippen LogP contribution in [0, 0.1) is 5.82 Å². The van der Waals surface area contributed by atoms with E-state index in [4.69, 9.17) is 10.5 Å². The average Bonchev–Trinajstić information content (AvgIpc) is 3.25. The lowest BCUT2D eigenvalue weighted by molar-refractivity contribution is 0.0594. The molecule has 0 bridgehead atoms. The van der Waals surface area contributed by atoms with Gasteiger partial charge in [-0.25, -0.2) is 19.2 Å². The van der Waals surface area contributed by atoms with Gasteiger partial charge in [0.05, 0.1) is 7.11 Å². The zero-order chi connectivity index (χ0) is 23.0. The summed E-state index contributed by atoms with van der Waals surface area (Å²) in [6, 6.07) is 16.4. The van der Waals surface area contributed by atoms with Crippen molar-refractivity contribution >= 4 is 11.9 Å². The molecule has 1 fully saturated rings. The maximum absolute atomic E-state index is 13.6. The van der Waals surface area contributed by atoms with Gasteiger partial charge in [-0.1, -0.05) is 42.8 Å².